The summed E-state index contributed by atoms with van der Waals surface area (Å²) in [6.07, 6.45) is 3.45. The topological polar surface area (TPSA) is 44.1 Å². The van der Waals surface area contributed by atoms with Crippen LogP contribution in [0, 0.1) is 3.57 Å². The van der Waals surface area contributed by atoms with Crippen molar-refractivity contribution in [3.63, 3.8) is 0 Å². The molecule has 0 spiro atoms. The second-order valence-electron chi connectivity index (χ2n) is 5.92. The van der Waals surface area contributed by atoms with Crippen LogP contribution in [0.4, 0.5) is 0 Å². The van der Waals surface area contributed by atoms with E-state index in [4.69, 9.17) is 9.72 Å². The van der Waals surface area contributed by atoms with E-state index in [1.807, 2.05) is 42.5 Å². The van der Waals surface area contributed by atoms with Crippen LogP contribution < -0.4 is 10.3 Å². The van der Waals surface area contributed by atoms with Crippen molar-refractivity contribution in [2.75, 3.05) is 12.9 Å². The first-order chi connectivity index (χ1) is 12.7. The average Bonchev–Trinajstić information content (AvgIpc) is 2.66. The number of fused-ring (bicyclic) bond motifs is 1. The molecule has 0 radical (unpaired) electrons. The van der Waals surface area contributed by atoms with Crippen molar-refractivity contribution >= 4 is 45.3 Å². The highest BCUT2D eigenvalue weighted by molar-refractivity contribution is 14.1. The summed E-state index contributed by atoms with van der Waals surface area (Å²) in [5, 5.41) is 1.34. The molecule has 136 valence electrons. The fourth-order valence-corrected chi connectivity index (χ4v) is 4.27. The lowest BCUT2D eigenvalue weighted by atomic mass is 10.2. The van der Waals surface area contributed by atoms with E-state index in [0.29, 0.717) is 16.3 Å². The average molecular weight is 480 g/mol. The normalized spacial score (nSPS) is 11.0. The lowest BCUT2D eigenvalue weighted by molar-refractivity contribution is 0.411. The van der Waals surface area contributed by atoms with E-state index in [0.717, 1.165) is 26.9 Å². The summed E-state index contributed by atoms with van der Waals surface area (Å²) in [5.74, 6) is 1.60. The van der Waals surface area contributed by atoms with Gasteiger partial charge in [0.1, 0.15) is 5.75 Å². The molecule has 0 atom stereocenters. The standard InChI is InChI=1S/C20H21IN2O2S/c1-3-4-7-12-26-20-22-16-11-10-14(21)13-15(16)19(24)23(20)17-8-5-6-9-18(17)25-2/h5-6,8-11,13H,3-4,7,12H2,1-2H3. The van der Waals surface area contributed by atoms with Crippen LogP contribution in [-0.2, 0) is 0 Å². The first-order valence-electron chi connectivity index (χ1n) is 8.64. The number of rotatable bonds is 7. The number of thioether (sulfide) groups is 1. The molecular formula is C20H21IN2O2S. The second-order valence-corrected chi connectivity index (χ2v) is 8.23. The van der Waals surface area contributed by atoms with Gasteiger partial charge in [0, 0.05) is 9.32 Å². The van der Waals surface area contributed by atoms with Gasteiger partial charge in [0.2, 0.25) is 0 Å². The largest absolute Gasteiger partial charge is 0.495 e. The van der Waals surface area contributed by atoms with Gasteiger partial charge in [0.25, 0.3) is 5.56 Å². The SMILES string of the molecule is CCCCCSc1nc2ccc(I)cc2c(=O)n1-c1ccccc1OC. The quantitative estimate of drug-likeness (QED) is 0.200. The molecule has 6 heteroatoms. The van der Waals surface area contributed by atoms with Gasteiger partial charge in [-0.15, -0.1) is 0 Å². The molecule has 2 aromatic carbocycles. The van der Waals surface area contributed by atoms with Crippen molar-refractivity contribution < 1.29 is 4.74 Å². The predicted molar refractivity (Wildman–Crippen MR) is 117 cm³/mol. The summed E-state index contributed by atoms with van der Waals surface area (Å²) in [6.45, 7) is 2.19. The molecule has 0 saturated heterocycles. The van der Waals surface area contributed by atoms with Crippen molar-refractivity contribution in [3.05, 3.63) is 56.4 Å². The highest BCUT2D eigenvalue weighted by Gasteiger charge is 2.16. The minimum absolute atomic E-state index is 0.0593. The van der Waals surface area contributed by atoms with E-state index in [2.05, 4.69) is 29.5 Å². The fraction of sp³-hybridized carbons (Fsp3) is 0.300. The summed E-state index contributed by atoms with van der Waals surface area (Å²) < 4.78 is 8.20. The van der Waals surface area contributed by atoms with Gasteiger partial charge in [0.15, 0.2) is 5.16 Å². The molecule has 4 nitrogen and oxygen atoms in total. The molecule has 0 bridgehead atoms. The monoisotopic (exact) mass is 480 g/mol. The Kier molecular flexibility index (Phi) is 6.58. The van der Waals surface area contributed by atoms with E-state index in [1.165, 1.54) is 12.8 Å². The Labute approximate surface area is 171 Å². The van der Waals surface area contributed by atoms with Crippen LogP contribution >= 0.6 is 34.4 Å². The van der Waals surface area contributed by atoms with Crippen molar-refractivity contribution in [1.82, 2.24) is 9.55 Å². The van der Waals surface area contributed by atoms with Gasteiger partial charge in [0.05, 0.1) is 23.7 Å². The molecule has 0 aliphatic heterocycles. The number of aromatic nitrogens is 2. The molecule has 0 unspecified atom stereocenters. The Morgan fingerprint density at radius 2 is 2.00 bits per heavy atom. The zero-order chi connectivity index (χ0) is 18.5. The molecule has 1 aromatic heterocycles. The molecule has 1 heterocycles. The number of halogens is 1. The van der Waals surface area contributed by atoms with Gasteiger partial charge < -0.3 is 4.74 Å². The highest BCUT2D eigenvalue weighted by Crippen LogP contribution is 2.28. The van der Waals surface area contributed by atoms with Crippen LogP contribution in [-0.4, -0.2) is 22.4 Å². The van der Waals surface area contributed by atoms with Gasteiger partial charge in [-0.1, -0.05) is 43.7 Å². The molecular weight excluding hydrogens is 459 g/mol. The summed E-state index contributed by atoms with van der Waals surface area (Å²) in [4.78, 5) is 18.1. The number of hydrogen-bond donors (Lipinski definition) is 0. The van der Waals surface area contributed by atoms with E-state index in [1.54, 1.807) is 23.4 Å². The molecule has 0 saturated carbocycles. The van der Waals surface area contributed by atoms with Crippen molar-refractivity contribution in [2.24, 2.45) is 0 Å². The molecule has 0 fully saturated rings. The third kappa shape index (κ3) is 4.06. The van der Waals surface area contributed by atoms with Crippen LogP contribution in [0.1, 0.15) is 26.2 Å². The van der Waals surface area contributed by atoms with Gasteiger partial charge in [-0.3, -0.25) is 9.36 Å². The summed E-state index contributed by atoms with van der Waals surface area (Å²) in [5.41, 5.74) is 1.40. The van der Waals surface area contributed by atoms with Crippen LogP contribution in [0.2, 0.25) is 0 Å². The van der Waals surface area contributed by atoms with Crippen LogP contribution in [0.25, 0.3) is 16.6 Å². The minimum atomic E-state index is -0.0593. The molecule has 0 amide bonds. The lowest BCUT2D eigenvalue weighted by Crippen LogP contribution is -2.22. The molecule has 0 aliphatic carbocycles. The zero-order valence-electron chi connectivity index (χ0n) is 14.9. The predicted octanol–water partition coefficient (Wildman–Crippen LogP) is 5.28. The van der Waals surface area contributed by atoms with E-state index in [-0.39, 0.29) is 5.56 Å². The summed E-state index contributed by atoms with van der Waals surface area (Å²) >= 11 is 3.85. The summed E-state index contributed by atoms with van der Waals surface area (Å²) in [6, 6.07) is 13.4. The maximum Gasteiger partial charge on any atom is 0.266 e. The number of methoxy groups -OCH3 is 1. The van der Waals surface area contributed by atoms with Gasteiger partial charge in [-0.05, 0) is 59.3 Å². The molecule has 26 heavy (non-hydrogen) atoms. The van der Waals surface area contributed by atoms with E-state index >= 15 is 0 Å². The Hall–Kier alpha value is -1.54. The van der Waals surface area contributed by atoms with Gasteiger partial charge in [-0.2, -0.15) is 0 Å². The minimum Gasteiger partial charge on any atom is -0.495 e. The number of benzene rings is 2. The van der Waals surface area contributed by atoms with Crippen molar-refractivity contribution in [2.45, 2.75) is 31.3 Å². The molecule has 3 aromatic rings. The molecule has 3 rings (SSSR count). The van der Waals surface area contributed by atoms with E-state index < -0.39 is 0 Å². The van der Waals surface area contributed by atoms with Gasteiger partial charge in [-0.25, -0.2) is 4.98 Å². The number of ether oxygens (including phenoxy) is 1. The maximum atomic E-state index is 13.3. The first-order valence-corrected chi connectivity index (χ1v) is 10.7. The second kappa shape index (κ2) is 8.90. The lowest BCUT2D eigenvalue weighted by Gasteiger charge is -2.15. The van der Waals surface area contributed by atoms with Crippen LogP contribution in [0.5, 0.6) is 5.75 Å². The number of unbranched alkanes of at least 4 members (excludes halogenated alkanes) is 2. The van der Waals surface area contributed by atoms with E-state index in [9.17, 15) is 4.79 Å². The third-order valence-electron chi connectivity index (χ3n) is 4.10. The van der Waals surface area contributed by atoms with Crippen LogP contribution in [0.3, 0.4) is 0 Å². The Morgan fingerprint density at radius 1 is 1.19 bits per heavy atom. The summed E-state index contributed by atoms with van der Waals surface area (Å²) in [7, 11) is 1.62. The number of para-hydroxylation sites is 2. The Bertz CT molecular complexity index is 972. The van der Waals surface area contributed by atoms with Gasteiger partial charge >= 0.3 is 0 Å². The maximum absolute atomic E-state index is 13.3. The molecule has 0 N–H and O–H groups in total. The Balaban J connectivity index is 2.19. The zero-order valence-corrected chi connectivity index (χ0v) is 17.8. The third-order valence-corrected chi connectivity index (χ3v) is 5.80. The van der Waals surface area contributed by atoms with Crippen molar-refractivity contribution in [3.8, 4) is 11.4 Å². The molecule has 0 aliphatic rings. The first kappa shape index (κ1) is 19.2. The number of hydrogen-bond acceptors (Lipinski definition) is 4. The smallest absolute Gasteiger partial charge is 0.266 e. The van der Waals surface area contributed by atoms with Crippen LogP contribution in [0.15, 0.2) is 52.4 Å². The van der Waals surface area contributed by atoms with Crippen molar-refractivity contribution in [1.29, 1.82) is 0 Å². The highest BCUT2D eigenvalue weighted by atomic mass is 127. The number of nitrogens with zero attached hydrogens (tertiary/aromatic N) is 2. The fourth-order valence-electron chi connectivity index (χ4n) is 2.78. The Morgan fingerprint density at radius 3 is 2.77 bits per heavy atom.